The monoisotopic (exact) mass is 403 g/mol. The molecular weight excluding hydrogens is 374 g/mol. The van der Waals surface area contributed by atoms with E-state index in [4.69, 9.17) is 4.74 Å². The number of carbonyl (C=O) groups excluding carboxylic acids is 1. The average molecular weight is 404 g/mol. The van der Waals surface area contributed by atoms with E-state index in [0.29, 0.717) is 18.6 Å². The number of ether oxygens (including phenoxy) is 1. The summed E-state index contributed by atoms with van der Waals surface area (Å²) in [5.74, 6) is 0.496. The lowest BCUT2D eigenvalue weighted by Crippen LogP contribution is -2.40. The normalized spacial score (nSPS) is 13.6. The standard InChI is InChI=1S/C22H29NO4S/c1-6-20(17-9-12-19(13-10-17)28(5,25)26)23-22(24)21(7-2)27-18-11-8-15(3)16(4)14-18/h8-14,20-21H,6-7H2,1-5H3,(H,23,24)/t20-,21+/m0/s1. The first-order valence-electron chi connectivity index (χ1n) is 9.50. The third-order valence-corrected chi connectivity index (χ3v) is 5.98. The molecule has 2 aromatic rings. The molecule has 28 heavy (non-hydrogen) atoms. The topological polar surface area (TPSA) is 72.5 Å². The fourth-order valence-corrected chi connectivity index (χ4v) is 3.54. The van der Waals surface area contributed by atoms with Crippen LogP contribution in [0.4, 0.5) is 0 Å². The molecule has 0 aliphatic rings. The van der Waals surface area contributed by atoms with Crippen molar-refractivity contribution >= 4 is 15.7 Å². The highest BCUT2D eigenvalue weighted by Crippen LogP contribution is 2.21. The van der Waals surface area contributed by atoms with Gasteiger partial charge in [-0.3, -0.25) is 4.79 Å². The van der Waals surface area contributed by atoms with Gasteiger partial charge in [0.05, 0.1) is 10.9 Å². The first-order valence-corrected chi connectivity index (χ1v) is 11.4. The molecule has 6 heteroatoms. The van der Waals surface area contributed by atoms with Crippen LogP contribution in [0.1, 0.15) is 49.4 Å². The fourth-order valence-electron chi connectivity index (χ4n) is 2.91. The summed E-state index contributed by atoms with van der Waals surface area (Å²) in [6.45, 7) is 7.92. The van der Waals surface area contributed by atoms with E-state index in [2.05, 4.69) is 5.32 Å². The van der Waals surface area contributed by atoms with Gasteiger partial charge in [-0.05, 0) is 67.6 Å². The summed E-state index contributed by atoms with van der Waals surface area (Å²) in [5, 5.41) is 3.03. The predicted octanol–water partition coefficient (Wildman–Crippen LogP) is 4.13. The number of rotatable bonds is 8. The second-order valence-electron chi connectivity index (χ2n) is 7.07. The van der Waals surface area contributed by atoms with Crippen molar-refractivity contribution in [2.24, 2.45) is 0 Å². The number of carbonyl (C=O) groups is 1. The number of amides is 1. The van der Waals surface area contributed by atoms with Gasteiger partial charge in [-0.1, -0.05) is 32.0 Å². The molecule has 0 radical (unpaired) electrons. The molecule has 5 nitrogen and oxygen atoms in total. The molecule has 1 amide bonds. The molecule has 0 saturated carbocycles. The minimum atomic E-state index is -3.24. The fraction of sp³-hybridized carbons (Fsp3) is 0.409. The highest BCUT2D eigenvalue weighted by Gasteiger charge is 2.22. The number of hydrogen-bond acceptors (Lipinski definition) is 4. The van der Waals surface area contributed by atoms with Crippen molar-refractivity contribution in [3.05, 3.63) is 59.2 Å². The van der Waals surface area contributed by atoms with Gasteiger partial charge in [0.1, 0.15) is 5.75 Å². The molecule has 0 bridgehead atoms. The Morgan fingerprint density at radius 1 is 1.00 bits per heavy atom. The van der Waals surface area contributed by atoms with Crippen LogP contribution >= 0.6 is 0 Å². The molecule has 0 heterocycles. The molecular formula is C22H29NO4S. The smallest absolute Gasteiger partial charge is 0.261 e. The molecule has 1 N–H and O–H groups in total. The zero-order valence-electron chi connectivity index (χ0n) is 17.2. The van der Waals surface area contributed by atoms with Crippen LogP contribution < -0.4 is 10.1 Å². The van der Waals surface area contributed by atoms with E-state index in [9.17, 15) is 13.2 Å². The Bertz CT molecular complexity index is 920. The third kappa shape index (κ3) is 5.58. The molecule has 0 unspecified atom stereocenters. The highest BCUT2D eigenvalue weighted by molar-refractivity contribution is 7.90. The van der Waals surface area contributed by atoms with Crippen LogP contribution in [0.3, 0.4) is 0 Å². The predicted molar refractivity (Wildman–Crippen MR) is 111 cm³/mol. The van der Waals surface area contributed by atoms with Gasteiger partial charge in [0, 0.05) is 6.26 Å². The Morgan fingerprint density at radius 3 is 2.14 bits per heavy atom. The van der Waals surface area contributed by atoms with Crippen molar-refractivity contribution in [3.63, 3.8) is 0 Å². The first kappa shape index (κ1) is 22.0. The van der Waals surface area contributed by atoms with Gasteiger partial charge in [0.25, 0.3) is 5.91 Å². The van der Waals surface area contributed by atoms with Crippen molar-refractivity contribution < 1.29 is 17.9 Å². The Balaban J connectivity index is 2.11. The molecule has 2 aromatic carbocycles. The number of aryl methyl sites for hydroxylation is 2. The number of benzene rings is 2. The van der Waals surface area contributed by atoms with Gasteiger partial charge < -0.3 is 10.1 Å². The van der Waals surface area contributed by atoms with Gasteiger partial charge in [0.2, 0.25) is 0 Å². The van der Waals surface area contributed by atoms with Crippen molar-refractivity contribution in [1.29, 1.82) is 0 Å². The van der Waals surface area contributed by atoms with Crippen LogP contribution in [-0.2, 0) is 14.6 Å². The minimum Gasteiger partial charge on any atom is -0.481 e. The highest BCUT2D eigenvalue weighted by atomic mass is 32.2. The lowest BCUT2D eigenvalue weighted by Gasteiger charge is -2.23. The molecule has 0 spiro atoms. The van der Waals surface area contributed by atoms with Crippen molar-refractivity contribution in [1.82, 2.24) is 5.32 Å². The Morgan fingerprint density at radius 2 is 1.64 bits per heavy atom. The summed E-state index contributed by atoms with van der Waals surface area (Å²) in [6.07, 6.45) is 1.81. The first-order chi connectivity index (χ1) is 13.2. The van der Waals surface area contributed by atoms with E-state index in [1.54, 1.807) is 24.3 Å². The maximum atomic E-state index is 12.8. The molecule has 0 aromatic heterocycles. The van der Waals surface area contributed by atoms with Gasteiger partial charge in [-0.25, -0.2) is 8.42 Å². The van der Waals surface area contributed by atoms with E-state index in [-0.39, 0.29) is 16.8 Å². The van der Waals surface area contributed by atoms with Crippen LogP contribution in [0.15, 0.2) is 47.4 Å². The molecule has 0 aliphatic carbocycles. The number of sulfone groups is 1. The summed E-state index contributed by atoms with van der Waals surface area (Å²) in [5.41, 5.74) is 3.16. The quantitative estimate of drug-likeness (QED) is 0.719. The van der Waals surface area contributed by atoms with E-state index in [1.165, 1.54) is 11.8 Å². The summed E-state index contributed by atoms with van der Waals surface area (Å²) < 4.78 is 29.2. The van der Waals surface area contributed by atoms with Gasteiger partial charge in [-0.15, -0.1) is 0 Å². The summed E-state index contributed by atoms with van der Waals surface area (Å²) in [4.78, 5) is 13.0. The van der Waals surface area contributed by atoms with Gasteiger partial charge in [-0.2, -0.15) is 0 Å². The van der Waals surface area contributed by atoms with E-state index < -0.39 is 15.9 Å². The summed E-state index contributed by atoms with van der Waals surface area (Å²) >= 11 is 0. The van der Waals surface area contributed by atoms with Crippen LogP contribution in [-0.4, -0.2) is 26.7 Å². The third-order valence-electron chi connectivity index (χ3n) is 4.86. The second-order valence-corrected chi connectivity index (χ2v) is 9.09. The SMILES string of the molecule is CC[C@H](NC(=O)[C@@H](CC)Oc1ccc(C)c(C)c1)c1ccc(S(C)(=O)=O)cc1. The van der Waals surface area contributed by atoms with E-state index in [0.717, 1.165) is 11.1 Å². The van der Waals surface area contributed by atoms with Crippen molar-refractivity contribution in [2.45, 2.75) is 57.6 Å². The average Bonchev–Trinajstić information content (AvgIpc) is 2.66. The second kappa shape index (κ2) is 9.24. The van der Waals surface area contributed by atoms with E-state index >= 15 is 0 Å². The molecule has 152 valence electrons. The zero-order chi connectivity index (χ0) is 20.9. The maximum Gasteiger partial charge on any atom is 0.261 e. The molecule has 0 aliphatic heterocycles. The summed E-state index contributed by atoms with van der Waals surface area (Å²) in [7, 11) is -3.24. The van der Waals surface area contributed by atoms with Crippen LogP contribution in [0.5, 0.6) is 5.75 Å². The minimum absolute atomic E-state index is 0.181. The molecule has 2 rings (SSSR count). The maximum absolute atomic E-state index is 12.8. The largest absolute Gasteiger partial charge is 0.481 e. The van der Waals surface area contributed by atoms with Crippen molar-refractivity contribution in [2.75, 3.05) is 6.26 Å². The summed E-state index contributed by atoms with van der Waals surface area (Å²) in [6, 6.07) is 12.2. The van der Waals surface area contributed by atoms with Crippen LogP contribution in [0.25, 0.3) is 0 Å². The van der Waals surface area contributed by atoms with Crippen molar-refractivity contribution in [3.8, 4) is 5.75 Å². The number of hydrogen-bond donors (Lipinski definition) is 1. The molecule has 0 saturated heterocycles. The lowest BCUT2D eigenvalue weighted by atomic mass is 10.0. The lowest BCUT2D eigenvalue weighted by molar-refractivity contribution is -0.128. The Kier molecular flexibility index (Phi) is 7.24. The number of nitrogens with one attached hydrogen (secondary N) is 1. The van der Waals surface area contributed by atoms with Gasteiger partial charge in [0.15, 0.2) is 15.9 Å². The Hall–Kier alpha value is -2.34. The molecule has 2 atom stereocenters. The Labute approximate surface area is 168 Å². The molecule has 0 fully saturated rings. The van der Waals surface area contributed by atoms with Crippen LogP contribution in [0, 0.1) is 13.8 Å². The van der Waals surface area contributed by atoms with Crippen LogP contribution in [0.2, 0.25) is 0 Å². The zero-order valence-corrected chi connectivity index (χ0v) is 18.0. The van der Waals surface area contributed by atoms with E-state index in [1.807, 2.05) is 45.9 Å². The van der Waals surface area contributed by atoms with Gasteiger partial charge >= 0.3 is 0 Å².